The second-order valence-corrected chi connectivity index (χ2v) is 5.54. The van der Waals surface area contributed by atoms with E-state index in [2.05, 4.69) is 4.40 Å². The maximum Gasteiger partial charge on any atom is 0.417 e. The van der Waals surface area contributed by atoms with E-state index in [4.69, 9.17) is 5.73 Å². The van der Waals surface area contributed by atoms with Crippen LogP contribution in [0.15, 0.2) is 21.4 Å². The van der Waals surface area contributed by atoms with Crippen molar-refractivity contribution in [2.24, 2.45) is 10.1 Å². The van der Waals surface area contributed by atoms with Gasteiger partial charge in [0.25, 0.3) is 10.0 Å². The number of nitrogens with one attached hydrogen (secondary N) is 1. The van der Waals surface area contributed by atoms with Crippen LogP contribution in [-0.4, -0.2) is 14.4 Å². The third-order valence-electron chi connectivity index (χ3n) is 2.49. The molecule has 0 saturated heterocycles. The fourth-order valence-electron chi connectivity index (χ4n) is 1.70. The van der Waals surface area contributed by atoms with Crippen molar-refractivity contribution in [3.05, 3.63) is 23.3 Å². The number of hydrogen-bond acceptors (Lipinski definition) is 4. The lowest BCUT2D eigenvalue weighted by Crippen LogP contribution is -2.30. The molecule has 0 amide bonds. The van der Waals surface area contributed by atoms with Crippen LogP contribution in [0.3, 0.4) is 0 Å². The Hall–Kier alpha value is -1.98. The largest absolute Gasteiger partial charge is 0.417 e. The van der Waals surface area contributed by atoms with E-state index in [9.17, 15) is 34.8 Å². The highest BCUT2D eigenvalue weighted by Crippen LogP contribution is 2.44. The Balaban J connectivity index is 2.83. The SMILES string of the molecule is NC1=NS(=O)(=O)c2cc(C(F)(F)F)c(C(F)(F)F)cc2N1. The molecule has 1 aliphatic heterocycles. The fraction of sp³-hybridized carbons (Fsp3) is 0.222. The summed E-state index contributed by atoms with van der Waals surface area (Å²) in [5.74, 6) is -0.740. The summed E-state index contributed by atoms with van der Waals surface area (Å²) < 4.78 is 102. The number of guanidine groups is 1. The van der Waals surface area contributed by atoms with Gasteiger partial charge in [-0.05, 0) is 12.1 Å². The Labute approximate surface area is 113 Å². The molecule has 21 heavy (non-hydrogen) atoms. The zero-order valence-corrected chi connectivity index (χ0v) is 10.5. The van der Waals surface area contributed by atoms with E-state index in [0.29, 0.717) is 0 Å². The van der Waals surface area contributed by atoms with Crippen LogP contribution in [0.25, 0.3) is 0 Å². The van der Waals surface area contributed by atoms with Crippen molar-refractivity contribution >= 4 is 21.7 Å². The Morgan fingerprint density at radius 1 is 1.00 bits per heavy atom. The van der Waals surface area contributed by atoms with Crippen LogP contribution >= 0.6 is 0 Å². The second kappa shape index (κ2) is 4.26. The maximum atomic E-state index is 12.7. The third-order valence-corrected chi connectivity index (χ3v) is 3.82. The second-order valence-electron chi connectivity index (χ2n) is 3.97. The van der Waals surface area contributed by atoms with Crippen LogP contribution in [0, 0.1) is 0 Å². The summed E-state index contributed by atoms with van der Waals surface area (Å²) in [4.78, 5) is -1.03. The Morgan fingerprint density at radius 2 is 1.48 bits per heavy atom. The van der Waals surface area contributed by atoms with Gasteiger partial charge in [-0.25, -0.2) is 0 Å². The van der Waals surface area contributed by atoms with Crippen LogP contribution in [-0.2, 0) is 22.4 Å². The molecule has 116 valence electrons. The quantitative estimate of drug-likeness (QED) is 0.713. The molecule has 1 aliphatic rings. The topological polar surface area (TPSA) is 84.5 Å². The van der Waals surface area contributed by atoms with Crippen molar-refractivity contribution in [2.45, 2.75) is 17.2 Å². The summed E-state index contributed by atoms with van der Waals surface area (Å²) in [6.45, 7) is 0. The van der Waals surface area contributed by atoms with Crippen LogP contribution in [0.2, 0.25) is 0 Å². The van der Waals surface area contributed by atoms with Gasteiger partial charge in [0.2, 0.25) is 5.96 Å². The first-order chi connectivity index (χ1) is 9.32. The van der Waals surface area contributed by atoms with E-state index in [1.807, 2.05) is 5.32 Å². The monoisotopic (exact) mass is 333 g/mol. The number of hydrogen-bond donors (Lipinski definition) is 2. The molecule has 5 nitrogen and oxygen atoms in total. The predicted octanol–water partition coefficient (Wildman–Crippen LogP) is 2.15. The molecule has 2 rings (SSSR count). The molecule has 0 bridgehead atoms. The lowest BCUT2D eigenvalue weighted by atomic mass is 10.1. The number of fused-ring (bicyclic) bond motifs is 1. The number of halogens is 6. The molecule has 0 aromatic heterocycles. The number of anilines is 1. The van der Waals surface area contributed by atoms with E-state index in [0.717, 1.165) is 0 Å². The van der Waals surface area contributed by atoms with Crippen LogP contribution in [0.4, 0.5) is 32.0 Å². The number of rotatable bonds is 0. The summed E-state index contributed by atoms with van der Waals surface area (Å²) >= 11 is 0. The Bertz CT molecular complexity index is 735. The van der Waals surface area contributed by atoms with Crippen molar-refractivity contribution in [1.29, 1.82) is 0 Å². The molecule has 3 N–H and O–H groups in total. The number of nitrogens with zero attached hydrogens (tertiary/aromatic N) is 1. The highest BCUT2D eigenvalue weighted by molar-refractivity contribution is 7.90. The van der Waals surface area contributed by atoms with Gasteiger partial charge in [-0.15, -0.1) is 4.40 Å². The first-order valence-corrected chi connectivity index (χ1v) is 6.46. The molecule has 0 spiro atoms. The number of sulfonamides is 1. The van der Waals surface area contributed by atoms with Gasteiger partial charge in [-0.1, -0.05) is 0 Å². The van der Waals surface area contributed by atoms with Gasteiger partial charge in [0.1, 0.15) is 4.90 Å². The van der Waals surface area contributed by atoms with Crippen LogP contribution in [0.1, 0.15) is 11.1 Å². The van der Waals surface area contributed by atoms with Gasteiger partial charge in [-0.3, -0.25) is 0 Å². The standard InChI is InChI=1S/C9H5F6N3O2S/c10-8(11,12)3-1-5-6(2-4(3)9(13,14)15)21(19,20)18-7(16)17-5/h1-2H,(H3,16,17,18). The predicted molar refractivity (Wildman–Crippen MR) is 58.9 cm³/mol. The van der Waals surface area contributed by atoms with Gasteiger partial charge in [-0.2, -0.15) is 34.8 Å². The van der Waals surface area contributed by atoms with Gasteiger partial charge in [0.05, 0.1) is 16.8 Å². The molecular weight excluding hydrogens is 328 g/mol. The van der Waals surface area contributed by atoms with Crippen LogP contribution in [0.5, 0.6) is 0 Å². The van der Waals surface area contributed by atoms with Crippen molar-refractivity contribution in [2.75, 3.05) is 5.32 Å². The average Bonchev–Trinajstić information content (AvgIpc) is 2.23. The molecule has 1 aromatic rings. The third kappa shape index (κ3) is 2.75. The molecule has 0 atom stereocenters. The minimum absolute atomic E-state index is 0.0389. The van der Waals surface area contributed by atoms with E-state index >= 15 is 0 Å². The number of alkyl halides is 6. The molecule has 0 aliphatic carbocycles. The molecule has 0 unspecified atom stereocenters. The molecule has 1 heterocycles. The summed E-state index contributed by atoms with van der Waals surface area (Å²) in [5, 5.41) is 1.99. The van der Waals surface area contributed by atoms with Crippen molar-refractivity contribution in [3.63, 3.8) is 0 Å². The van der Waals surface area contributed by atoms with Gasteiger partial charge >= 0.3 is 12.4 Å². The van der Waals surface area contributed by atoms with Gasteiger partial charge in [0.15, 0.2) is 0 Å². The minimum Gasteiger partial charge on any atom is -0.369 e. The lowest BCUT2D eigenvalue weighted by Gasteiger charge is -2.21. The van der Waals surface area contributed by atoms with Crippen molar-refractivity contribution in [3.8, 4) is 0 Å². The molecule has 0 fully saturated rings. The minimum atomic E-state index is -5.39. The summed E-state index contributed by atoms with van der Waals surface area (Å²) in [7, 11) is -4.60. The van der Waals surface area contributed by atoms with Crippen molar-refractivity contribution in [1.82, 2.24) is 0 Å². The fourth-order valence-corrected chi connectivity index (χ4v) is 2.76. The summed E-state index contributed by atoms with van der Waals surface area (Å²) in [5.41, 5.74) is 0.207. The van der Waals surface area contributed by atoms with Gasteiger partial charge < -0.3 is 11.1 Å². The summed E-state index contributed by atoms with van der Waals surface area (Å²) in [6.07, 6.45) is -10.7. The molecule has 0 saturated carbocycles. The van der Waals surface area contributed by atoms with E-state index in [1.165, 1.54) is 0 Å². The molecule has 12 heteroatoms. The first-order valence-electron chi connectivity index (χ1n) is 5.02. The van der Waals surface area contributed by atoms with E-state index < -0.39 is 50.0 Å². The Morgan fingerprint density at radius 3 is 1.95 bits per heavy atom. The highest BCUT2D eigenvalue weighted by Gasteiger charge is 2.45. The Kier molecular flexibility index (Phi) is 3.12. The maximum absolute atomic E-state index is 12.7. The normalized spacial score (nSPS) is 17.7. The number of nitrogens with two attached hydrogens (primary N) is 1. The molecule has 0 radical (unpaired) electrons. The molecule has 1 aromatic carbocycles. The van der Waals surface area contributed by atoms with Gasteiger partial charge in [0, 0.05) is 0 Å². The lowest BCUT2D eigenvalue weighted by molar-refractivity contribution is -0.162. The smallest absolute Gasteiger partial charge is 0.369 e. The van der Waals surface area contributed by atoms with Crippen LogP contribution < -0.4 is 11.1 Å². The first kappa shape index (κ1) is 15.4. The van der Waals surface area contributed by atoms with E-state index in [1.54, 1.807) is 0 Å². The molecular formula is C9H5F6N3O2S. The van der Waals surface area contributed by atoms with E-state index in [-0.39, 0.29) is 12.1 Å². The van der Waals surface area contributed by atoms with Crippen molar-refractivity contribution < 1.29 is 34.8 Å². The zero-order chi connectivity index (χ0) is 16.2. The average molecular weight is 333 g/mol. The zero-order valence-electron chi connectivity index (χ0n) is 9.67. The summed E-state index contributed by atoms with van der Waals surface area (Å²) in [6, 6.07) is -0.0757. The highest BCUT2D eigenvalue weighted by atomic mass is 32.2. The number of benzene rings is 1.